The summed E-state index contributed by atoms with van der Waals surface area (Å²) in [4.78, 5) is 4.45. The molecule has 0 unspecified atom stereocenters. The van der Waals surface area contributed by atoms with Crippen LogP contribution in [-0.4, -0.2) is 21.8 Å². The molecule has 1 heterocycles. The molecule has 0 saturated carbocycles. The molecular weight excluding hydrogens is 255 g/mol. The van der Waals surface area contributed by atoms with E-state index in [-0.39, 0.29) is 5.82 Å². The minimum Gasteiger partial charge on any atom is -0.316 e. The summed E-state index contributed by atoms with van der Waals surface area (Å²) in [6.07, 6.45) is 1.59. The summed E-state index contributed by atoms with van der Waals surface area (Å²) in [5, 5.41) is 7.51. The van der Waals surface area contributed by atoms with E-state index in [1.54, 1.807) is 10.7 Å². The van der Waals surface area contributed by atoms with Gasteiger partial charge >= 0.3 is 0 Å². The average Bonchev–Trinajstić information content (AvgIpc) is 2.85. The van der Waals surface area contributed by atoms with Crippen LogP contribution in [0.5, 0.6) is 0 Å². The summed E-state index contributed by atoms with van der Waals surface area (Å²) in [5.74, 6) is 1.52. The van der Waals surface area contributed by atoms with Gasteiger partial charge in [-0.3, -0.25) is 0 Å². The summed E-state index contributed by atoms with van der Waals surface area (Å²) < 4.78 is 15.7. The molecule has 1 N–H and O–H groups in total. The lowest BCUT2D eigenvalue weighted by molar-refractivity contribution is 0.571. The van der Waals surface area contributed by atoms with Crippen molar-refractivity contribution in [1.29, 1.82) is 0 Å². The third kappa shape index (κ3) is 3.22. The highest BCUT2D eigenvalue weighted by Crippen LogP contribution is 2.13. The molecule has 0 spiro atoms. The lowest BCUT2D eigenvalue weighted by Gasteiger charge is -2.08. The molecular formula is C15H21FN4. The van der Waals surface area contributed by atoms with Crippen molar-refractivity contribution < 1.29 is 4.39 Å². The quantitative estimate of drug-likeness (QED) is 0.880. The van der Waals surface area contributed by atoms with Crippen molar-refractivity contribution in [3.63, 3.8) is 0 Å². The SMILES string of the molecule is CCc1nc(CC)n(Cc2cc(CNC)ccc2F)n1. The maximum absolute atomic E-state index is 13.9. The van der Waals surface area contributed by atoms with E-state index in [9.17, 15) is 4.39 Å². The third-order valence-electron chi connectivity index (χ3n) is 3.24. The molecule has 5 heteroatoms. The van der Waals surface area contributed by atoms with Crippen molar-refractivity contribution in [2.24, 2.45) is 0 Å². The molecule has 0 amide bonds. The summed E-state index contributed by atoms with van der Waals surface area (Å²) >= 11 is 0. The van der Waals surface area contributed by atoms with Crippen LogP contribution in [0.15, 0.2) is 18.2 Å². The summed E-state index contributed by atoms with van der Waals surface area (Å²) in [6.45, 7) is 5.21. The summed E-state index contributed by atoms with van der Waals surface area (Å²) in [6, 6.07) is 5.21. The van der Waals surface area contributed by atoms with E-state index in [1.165, 1.54) is 6.07 Å². The van der Waals surface area contributed by atoms with Gasteiger partial charge in [0.1, 0.15) is 11.6 Å². The first-order valence-corrected chi connectivity index (χ1v) is 7.02. The fourth-order valence-corrected chi connectivity index (χ4v) is 2.19. The predicted octanol–water partition coefficient (Wildman–Crippen LogP) is 2.31. The summed E-state index contributed by atoms with van der Waals surface area (Å²) in [5.41, 5.74) is 1.72. The Morgan fingerprint density at radius 3 is 2.70 bits per heavy atom. The van der Waals surface area contributed by atoms with Crippen LogP contribution in [-0.2, 0) is 25.9 Å². The van der Waals surface area contributed by atoms with Crippen molar-refractivity contribution in [3.05, 3.63) is 46.8 Å². The van der Waals surface area contributed by atoms with Crippen LogP contribution in [0.2, 0.25) is 0 Å². The molecule has 20 heavy (non-hydrogen) atoms. The number of benzene rings is 1. The second kappa shape index (κ2) is 6.61. The van der Waals surface area contributed by atoms with Crippen LogP contribution in [0.1, 0.15) is 36.6 Å². The van der Waals surface area contributed by atoms with E-state index >= 15 is 0 Å². The van der Waals surface area contributed by atoms with Gasteiger partial charge in [0.15, 0.2) is 5.82 Å². The van der Waals surface area contributed by atoms with Gasteiger partial charge in [0.05, 0.1) is 6.54 Å². The fraction of sp³-hybridized carbons (Fsp3) is 0.467. The van der Waals surface area contributed by atoms with E-state index < -0.39 is 0 Å². The molecule has 1 aromatic heterocycles. The molecule has 0 aliphatic heterocycles. The van der Waals surface area contributed by atoms with Gasteiger partial charge in [-0.2, -0.15) is 5.10 Å². The standard InChI is InChI=1S/C15H21FN4/c1-4-14-18-15(5-2)20(19-14)10-12-8-11(9-17-3)6-7-13(12)16/h6-8,17H,4-5,9-10H2,1-3H3. The van der Waals surface area contributed by atoms with E-state index in [4.69, 9.17) is 0 Å². The van der Waals surface area contributed by atoms with Crippen LogP contribution >= 0.6 is 0 Å². The average molecular weight is 276 g/mol. The number of nitrogens with zero attached hydrogens (tertiary/aromatic N) is 3. The van der Waals surface area contributed by atoms with Crippen LogP contribution in [0.4, 0.5) is 4.39 Å². The lowest BCUT2D eigenvalue weighted by atomic mass is 10.1. The van der Waals surface area contributed by atoms with Crippen LogP contribution in [0, 0.1) is 5.82 Å². The van der Waals surface area contributed by atoms with E-state index in [0.717, 1.165) is 36.6 Å². The van der Waals surface area contributed by atoms with Crippen molar-refractivity contribution in [3.8, 4) is 0 Å². The Hall–Kier alpha value is -1.75. The van der Waals surface area contributed by atoms with Crippen molar-refractivity contribution in [1.82, 2.24) is 20.1 Å². The molecule has 0 aliphatic rings. The topological polar surface area (TPSA) is 42.7 Å². The number of halogens is 1. The molecule has 2 rings (SSSR count). The number of nitrogens with one attached hydrogen (secondary N) is 1. The molecule has 108 valence electrons. The van der Waals surface area contributed by atoms with Gasteiger partial charge in [0.2, 0.25) is 0 Å². The van der Waals surface area contributed by atoms with E-state index in [1.807, 2.05) is 27.0 Å². The smallest absolute Gasteiger partial charge is 0.150 e. The number of aromatic nitrogens is 3. The van der Waals surface area contributed by atoms with Crippen LogP contribution in [0.3, 0.4) is 0 Å². The normalized spacial score (nSPS) is 11.0. The highest BCUT2D eigenvalue weighted by Gasteiger charge is 2.10. The van der Waals surface area contributed by atoms with Gasteiger partial charge in [-0.05, 0) is 24.7 Å². The maximum Gasteiger partial charge on any atom is 0.150 e. The number of hydrogen-bond donors (Lipinski definition) is 1. The first-order valence-electron chi connectivity index (χ1n) is 7.02. The number of hydrogen-bond acceptors (Lipinski definition) is 3. The van der Waals surface area contributed by atoms with Gasteiger partial charge in [-0.1, -0.05) is 19.9 Å². The molecule has 0 saturated heterocycles. The zero-order chi connectivity index (χ0) is 14.5. The second-order valence-corrected chi connectivity index (χ2v) is 4.77. The van der Waals surface area contributed by atoms with Gasteiger partial charge < -0.3 is 5.32 Å². The maximum atomic E-state index is 13.9. The highest BCUT2D eigenvalue weighted by atomic mass is 19.1. The van der Waals surface area contributed by atoms with Crippen LogP contribution in [0.25, 0.3) is 0 Å². The third-order valence-corrected chi connectivity index (χ3v) is 3.24. The summed E-state index contributed by atoms with van der Waals surface area (Å²) in [7, 11) is 1.88. The molecule has 4 nitrogen and oxygen atoms in total. The minimum atomic E-state index is -0.194. The first kappa shape index (κ1) is 14.7. The Labute approximate surface area is 119 Å². The Bertz CT molecular complexity index is 577. The zero-order valence-corrected chi connectivity index (χ0v) is 12.3. The number of aryl methyl sites for hydroxylation is 2. The Morgan fingerprint density at radius 1 is 1.25 bits per heavy atom. The van der Waals surface area contributed by atoms with Gasteiger partial charge in [-0.25, -0.2) is 14.1 Å². The highest BCUT2D eigenvalue weighted by molar-refractivity contribution is 5.25. The lowest BCUT2D eigenvalue weighted by Crippen LogP contribution is -2.10. The van der Waals surface area contributed by atoms with Gasteiger partial charge in [0.25, 0.3) is 0 Å². The minimum absolute atomic E-state index is 0.194. The monoisotopic (exact) mass is 276 g/mol. The Kier molecular flexibility index (Phi) is 4.84. The Balaban J connectivity index is 2.28. The van der Waals surface area contributed by atoms with Crippen LogP contribution < -0.4 is 5.32 Å². The van der Waals surface area contributed by atoms with Gasteiger partial charge in [-0.15, -0.1) is 0 Å². The largest absolute Gasteiger partial charge is 0.316 e. The van der Waals surface area contributed by atoms with E-state index in [2.05, 4.69) is 15.4 Å². The van der Waals surface area contributed by atoms with Gasteiger partial charge in [0, 0.05) is 24.9 Å². The Morgan fingerprint density at radius 2 is 2.05 bits per heavy atom. The van der Waals surface area contributed by atoms with E-state index in [0.29, 0.717) is 12.1 Å². The predicted molar refractivity (Wildman–Crippen MR) is 77.0 cm³/mol. The molecule has 0 bridgehead atoms. The van der Waals surface area contributed by atoms with Crippen molar-refractivity contribution >= 4 is 0 Å². The molecule has 0 radical (unpaired) electrons. The molecule has 2 aromatic rings. The molecule has 1 aromatic carbocycles. The fourth-order valence-electron chi connectivity index (χ4n) is 2.19. The molecule has 0 fully saturated rings. The zero-order valence-electron chi connectivity index (χ0n) is 12.3. The molecule has 0 aliphatic carbocycles. The second-order valence-electron chi connectivity index (χ2n) is 4.77. The van der Waals surface area contributed by atoms with Crippen molar-refractivity contribution in [2.45, 2.75) is 39.8 Å². The van der Waals surface area contributed by atoms with Crippen molar-refractivity contribution in [2.75, 3.05) is 7.05 Å². The number of rotatable bonds is 6. The molecule has 0 atom stereocenters. The first-order chi connectivity index (χ1) is 9.67.